The molecule has 1 rings (SSSR count). The molecule has 2 nitrogen and oxygen atoms in total. The molecule has 0 aromatic rings. The van der Waals surface area contributed by atoms with Crippen molar-refractivity contribution in [2.45, 2.75) is 33.6 Å². The smallest absolute Gasteiger partial charge is 0.435 e. The second kappa shape index (κ2) is 8.28. The molecule has 1 aliphatic heterocycles. The average molecular weight is 290 g/mol. The minimum atomic E-state index is -5.03. The van der Waals surface area contributed by atoms with Gasteiger partial charge in [0.1, 0.15) is 0 Å². The highest BCUT2D eigenvalue weighted by Gasteiger charge is 2.32. The van der Waals surface area contributed by atoms with Gasteiger partial charge in [-0.05, 0) is 6.92 Å². The van der Waals surface area contributed by atoms with E-state index in [0.717, 1.165) is 19.3 Å². The van der Waals surface area contributed by atoms with Crippen molar-refractivity contribution in [1.82, 2.24) is 0 Å². The number of hydrogen-bond acceptors (Lipinski definition) is 1. The summed E-state index contributed by atoms with van der Waals surface area (Å²) in [4.78, 5) is 0. The lowest BCUT2D eigenvalue weighted by Crippen LogP contribution is -2.49. The molecule has 0 aromatic heterocycles. The second-order valence-corrected chi connectivity index (χ2v) is 5.68. The van der Waals surface area contributed by atoms with Crippen LogP contribution in [0, 0.1) is 5.92 Å². The molecule has 0 unspecified atom stereocenters. The number of likely N-dealkylation sites (tertiary alicyclic amines) is 1. The molecule has 1 aliphatic rings. The normalized spacial score (nSPS) is 18.7. The Morgan fingerprint density at radius 3 is 2.00 bits per heavy atom. The molecule has 18 heavy (non-hydrogen) atoms. The van der Waals surface area contributed by atoms with E-state index in [1.165, 1.54) is 37.0 Å². The van der Waals surface area contributed by atoms with Gasteiger partial charge in [0.25, 0.3) is 0 Å². The van der Waals surface area contributed by atoms with Crippen LogP contribution in [0.3, 0.4) is 0 Å². The maximum Gasteiger partial charge on any atom is 0.576 e. The number of nitrogens with zero attached hydrogens (tertiary/aromatic N) is 1. The van der Waals surface area contributed by atoms with Gasteiger partial charge in [-0.25, -0.2) is 0 Å². The third kappa shape index (κ3) is 10.0. The Morgan fingerprint density at radius 2 is 1.67 bits per heavy atom. The van der Waals surface area contributed by atoms with E-state index in [0.29, 0.717) is 0 Å². The van der Waals surface area contributed by atoms with Gasteiger partial charge >= 0.3 is 6.39 Å². The Bertz CT molecular complexity index is 215. The van der Waals surface area contributed by atoms with Crippen LogP contribution in [0.1, 0.15) is 33.6 Å². The predicted octanol–water partition coefficient (Wildman–Crippen LogP) is 3.82. The number of hydrogen-bond donors (Lipinski definition) is 0. The maximum absolute atomic E-state index is 10.2. The van der Waals surface area contributed by atoms with Crippen LogP contribution in [0.25, 0.3) is 0 Å². The van der Waals surface area contributed by atoms with Gasteiger partial charge in [0.15, 0.2) is 6.73 Å². The zero-order valence-electron chi connectivity index (χ0n) is 11.5. The highest BCUT2D eigenvalue weighted by atomic mass is 35.5. The summed E-state index contributed by atoms with van der Waals surface area (Å²) in [6.07, 6.45) is -2.25. The van der Waals surface area contributed by atoms with Gasteiger partial charge in [-0.15, -0.1) is 0 Å². The highest BCUT2D eigenvalue weighted by molar-refractivity contribution is 7.08. The van der Waals surface area contributed by atoms with Crippen LogP contribution in [0.4, 0.5) is 12.9 Å². The average Bonchev–Trinajstić information content (AvgIpc) is 2.60. The fourth-order valence-corrected chi connectivity index (χ4v) is 2.43. The molecule has 0 aromatic carbocycles. The van der Waals surface area contributed by atoms with Gasteiger partial charge in [0.2, 0.25) is 0 Å². The van der Waals surface area contributed by atoms with Gasteiger partial charge < -0.3 is 22.2 Å². The number of quaternary nitrogens is 1. The number of halogens is 4. The summed E-state index contributed by atoms with van der Waals surface area (Å²) in [5, 5.41) is 0. The SMILES string of the molecule is CCOC[N+]1(CC(C)C)CCCC1.F[B-](F)(F)Cl. The molecule has 110 valence electrons. The lowest BCUT2D eigenvalue weighted by molar-refractivity contribution is -0.937. The number of rotatable bonds is 5. The zero-order chi connectivity index (χ0) is 14.2. The Labute approximate surface area is 113 Å². The molecule has 0 saturated carbocycles. The minimum absolute atomic E-state index is 0.790. The van der Waals surface area contributed by atoms with E-state index in [2.05, 4.69) is 32.2 Å². The summed E-state index contributed by atoms with van der Waals surface area (Å²) < 4.78 is 37.4. The molecule has 7 heteroatoms. The molecule has 1 heterocycles. The largest absolute Gasteiger partial charge is 0.576 e. The highest BCUT2D eigenvalue weighted by Crippen LogP contribution is 2.21. The summed E-state index contributed by atoms with van der Waals surface area (Å²) in [5.41, 5.74) is 0. The van der Waals surface area contributed by atoms with E-state index >= 15 is 0 Å². The van der Waals surface area contributed by atoms with Gasteiger partial charge in [0.05, 0.1) is 19.6 Å². The first-order chi connectivity index (χ1) is 8.18. The monoisotopic (exact) mass is 289 g/mol. The molecule has 1 saturated heterocycles. The van der Waals surface area contributed by atoms with Crippen LogP contribution in [-0.4, -0.2) is 43.8 Å². The topological polar surface area (TPSA) is 9.23 Å². The van der Waals surface area contributed by atoms with E-state index in [9.17, 15) is 12.9 Å². The van der Waals surface area contributed by atoms with Crippen LogP contribution < -0.4 is 0 Å². The predicted molar refractivity (Wildman–Crippen MR) is 70.4 cm³/mol. The van der Waals surface area contributed by atoms with E-state index in [4.69, 9.17) is 4.74 Å². The van der Waals surface area contributed by atoms with Crippen molar-refractivity contribution in [3.63, 3.8) is 0 Å². The van der Waals surface area contributed by atoms with Crippen molar-refractivity contribution in [3.05, 3.63) is 0 Å². The van der Waals surface area contributed by atoms with Crippen molar-refractivity contribution >= 4 is 17.9 Å². The summed E-state index contributed by atoms with van der Waals surface area (Å²) in [7, 11) is 0. The summed E-state index contributed by atoms with van der Waals surface area (Å²) in [6.45, 7) is 12.5. The molecule has 0 bridgehead atoms. The first-order valence-corrected chi connectivity index (χ1v) is 6.92. The van der Waals surface area contributed by atoms with Crippen LogP contribution >= 0.6 is 11.5 Å². The lowest BCUT2D eigenvalue weighted by Gasteiger charge is -2.35. The standard InChI is InChI=1S/C11H24NO.BClF3/c1-4-13-10-12(9-11(2)3)7-5-6-8-12;2-1(3,4)5/h11H,4-10H2,1-3H3;/q+1;-1. The second-order valence-electron chi connectivity index (χ2n) is 5.19. The van der Waals surface area contributed by atoms with E-state index < -0.39 is 6.39 Å². The first kappa shape index (κ1) is 18.1. The summed E-state index contributed by atoms with van der Waals surface area (Å²) in [5.74, 6) is 0.790. The van der Waals surface area contributed by atoms with Crippen LogP contribution in [0.15, 0.2) is 0 Å². The molecular weight excluding hydrogens is 265 g/mol. The molecule has 0 amide bonds. The fraction of sp³-hybridized carbons (Fsp3) is 1.00. The Hall–Kier alpha value is 0.0649. The third-order valence-electron chi connectivity index (χ3n) is 2.84. The molecule has 0 aliphatic carbocycles. The minimum Gasteiger partial charge on any atom is -0.435 e. The van der Waals surface area contributed by atoms with Crippen LogP contribution in [0.5, 0.6) is 0 Å². The molecule has 0 spiro atoms. The molecule has 0 atom stereocenters. The molecule has 0 N–H and O–H groups in total. The lowest BCUT2D eigenvalue weighted by atomic mass is 10.2. The molecular formula is C11H24BClF3NO. The molecule has 0 radical (unpaired) electrons. The third-order valence-corrected chi connectivity index (χ3v) is 2.84. The zero-order valence-corrected chi connectivity index (χ0v) is 12.2. The van der Waals surface area contributed by atoms with Crippen LogP contribution in [0.2, 0.25) is 0 Å². The fourth-order valence-electron chi connectivity index (χ4n) is 2.43. The van der Waals surface area contributed by atoms with E-state index in [1.807, 2.05) is 0 Å². The first-order valence-electron chi connectivity index (χ1n) is 6.49. The van der Waals surface area contributed by atoms with Crippen molar-refractivity contribution in [2.75, 3.05) is 33.0 Å². The van der Waals surface area contributed by atoms with E-state index in [-0.39, 0.29) is 0 Å². The van der Waals surface area contributed by atoms with Gasteiger partial charge in [-0.3, -0.25) is 11.5 Å². The van der Waals surface area contributed by atoms with Gasteiger partial charge in [-0.1, -0.05) is 13.8 Å². The van der Waals surface area contributed by atoms with Crippen molar-refractivity contribution in [1.29, 1.82) is 0 Å². The van der Waals surface area contributed by atoms with Crippen LogP contribution in [-0.2, 0) is 4.74 Å². The Kier molecular flexibility index (Phi) is 8.31. The van der Waals surface area contributed by atoms with Crippen molar-refractivity contribution in [3.8, 4) is 0 Å². The van der Waals surface area contributed by atoms with E-state index in [1.54, 1.807) is 0 Å². The Balaban J connectivity index is 0.000000494. The van der Waals surface area contributed by atoms with Gasteiger partial charge in [-0.2, -0.15) is 0 Å². The number of ether oxygens (including phenoxy) is 1. The molecule has 1 fully saturated rings. The van der Waals surface area contributed by atoms with Crippen molar-refractivity contribution in [2.24, 2.45) is 5.92 Å². The Morgan fingerprint density at radius 1 is 1.22 bits per heavy atom. The van der Waals surface area contributed by atoms with Crippen molar-refractivity contribution < 1.29 is 22.2 Å². The maximum atomic E-state index is 10.2. The quantitative estimate of drug-likeness (QED) is 0.552. The summed E-state index contributed by atoms with van der Waals surface area (Å²) in [6, 6.07) is 0. The summed E-state index contributed by atoms with van der Waals surface area (Å²) >= 11 is 3.59. The van der Waals surface area contributed by atoms with Gasteiger partial charge in [0, 0.05) is 25.4 Å².